The molecule has 0 aliphatic heterocycles. The van der Waals surface area contributed by atoms with Crippen LogP contribution in [0.4, 0.5) is 0 Å². The van der Waals surface area contributed by atoms with Gasteiger partial charge in [0.1, 0.15) is 11.9 Å². The largest absolute Gasteiger partial charge is 0.489 e. The number of amides is 1. The number of carbonyl (C=O) groups excluding carboxylic acids is 1. The van der Waals surface area contributed by atoms with Crippen LogP contribution in [0.2, 0.25) is 0 Å². The summed E-state index contributed by atoms with van der Waals surface area (Å²) in [6, 6.07) is 14.1. The lowest BCUT2D eigenvalue weighted by Gasteiger charge is -2.18. The normalized spacial score (nSPS) is 14.1. The summed E-state index contributed by atoms with van der Waals surface area (Å²) in [7, 11) is 2.09. The van der Waals surface area contributed by atoms with Crippen LogP contribution >= 0.6 is 11.3 Å². The third-order valence-corrected chi connectivity index (χ3v) is 7.15. The Bertz CT molecular complexity index is 1300. The molecule has 2 aromatic carbocycles. The van der Waals surface area contributed by atoms with Gasteiger partial charge in [-0.05, 0) is 81.1 Å². The number of hydrogen-bond donors (Lipinski definition) is 2. The van der Waals surface area contributed by atoms with Crippen LogP contribution in [0.3, 0.4) is 0 Å². The first kappa shape index (κ1) is 23.6. The van der Waals surface area contributed by atoms with Gasteiger partial charge in [-0.15, -0.1) is 11.3 Å². The van der Waals surface area contributed by atoms with Crippen molar-refractivity contribution >= 4 is 28.1 Å². The molecule has 5 rings (SSSR count). The van der Waals surface area contributed by atoms with Crippen molar-refractivity contribution in [3.8, 4) is 5.75 Å². The standard InChI is InChI=1S/C28H32N4O2S/c1-19(34-23-7-5-6-20(12-23)15-32(2)16-22-17-35-18-30-22)14-29-28(33)21-10-11-27-25(13-21)24-8-3-4-9-26(24)31-27/h5-7,10-13,17-19,31H,3-4,8-9,14-16H2,1-2H3,(H,29,33). The Morgan fingerprint density at radius 2 is 2.09 bits per heavy atom. The summed E-state index contributed by atoms with van der Waals surface area (Å²) in [5, 5.41) is 6.31. The van der Waals surface area contributed by atoms with Crippen LogP contribution in [-0.2, 0) is 25.9 Å². The van der Waals surface area contributed by atoms with Crippen LogP contribution < -0.4 is 10.1 Å². The van der Waals surface area contributed by atoms with Crippen molar-refractivity contribution in [2.45, 2.75) is 51.8 Å². The van der Waals surface area contributed by atoms with Crippen LogP contribution in [0.1, 0.15) is 52.6 Å². The number of thiazole rings is 1. The number of benzene rings is 2. The van der Waals surface area contributed by atoms with Gasteiger partial charge in [0, 0.05) is 40.6 Å². The number of H-pyrrole nitrogens is 1. The molecule has 0 saturated heterocycles. The molecular weight excluding hydrogens is 456 g/mol. The van der Waals surface area contributed by atoms with Gasteiger partial charge >= 0.3 is 0 Å². The third-order valence-electron chi connectivity index (χ3n) is 6.51. The first-order valence-corrected chi connectivity index (χ1v) is 13.2. The summed E-state index contributed by atoms with van der Waals surface area (Å²) in [4.78, 5) is 23.0. The summed E-state index contributed by atoms with van der Waals surface area (Å²) in [6.45, 7) is 4.04. The molecule has 0 radical (unpaired) electrons. The fourth-order valence-electron chi connectivity index (χ4n) is 4.84. The van der Waals surface area contributed by atoms with Gasteiger partial charge in [-0.3, -0.25) is 9.69 Å². The average molecular weight is 489 g/mol. The van der Waals surface area contributed by atoms with E-state index in [9.17, 15) is 4.79 Å². The van der Waals surface area contributed by atoms with Gasteiger partial charge in [-0.2, -0.15) is 0 Å². The number of rotatable bonds is 9. The molecule has 35 heavy (non-hydrogen) atoms. The molecule has 2 heterocycles. The van der Waals surface area contributed by atoms with E-state index in [1.807, 2.05) is 42.8 Å². The lowest BCUT2D eigenvalue weighted by atomic mass is 9.95. The first-order chi connectivity index (χ1) is 17.0. The molecule has 1 amide bonds. The minimum absolute atomic E-state index is 0.0643. The molecule has 1 aliphatic rings. The average Bonchev–Trinajstić information content (AvgIpc) is 3.49. The second-order valence-electron chi connectivity index (χ2n) is 9.49. The van der Waals surface area contributed by atoms with E-state index in [4.69, 9.17) is 4.74 Å². The third kappa shape index (κ3) is 5.74. The van der Waals surface area contributed by atoms with Crippen molar-refractivity contribution in [2.75, 3.05) is 13.6 Å². The quantitative estimate of drug-likeness (QED) is 0.334. The fraction of sp³-hybridized carbons (Fsp3) is 0.357. The predicted molar refractivity (Wildman–Crippen MR) is 141 cm³/mol. The molecule has 0 saturated carbocycles. The van der Waals surface area contributed by atoms with Crippen LogP contribution in [0.15, 0.2) is 53.4 Å². The Morgan fingerprint density at radius 3 is 2.94 bits per heavy atom. The molecular formula is C28H32N4O2S. The zero-order valence-electron chi connectivity index (χ0n) is 20.3. The fourth-order valence-corrected chi connectivity index (χ4v) is 5.39. The molecule has 1 atom stereocenters. The van der Waals surface area contributed by atoms with Gasteiger partial charge in [0.25, 0.3) is 5.91 Å². The van der Waals surface area contributed by atoms with Gasteiger partial charge in [0.05, 0.1) is 17.7 Å². The number of ether oxygens (including phenoxy) is 1. The highest BCUT2D eigenvalue weighted by atomic mass is 32.1. The molecule has 182 valence electrons. The van der Waals surface area contributed by atoms with Crippen molar-refractivity contribution in [1.29, 1.82) is 0 Å². The van der Waals surface area contributed by atoms with Gasteiger partial charge in [-0.1, -0.05) is 12.1 Å². The predicted octanol–water partition coefficient (Wildman–Crippen LogP) is 5.33. The highest BCUT2D eigenvalue weighted by Gasteiger charge is 2.17. The van der Waals surface area contributed by atoms with Crippen molar-refractivity contribution in [3.63, 3.8) is 0 Å². The number of aromatic nitrogens is 2. The summed E-state index contributed by atoms with van der Waals surface area (Å²) < 4.78 is 6.11. The Morgan fingerprint density at radius 1 is 1.20 bits per heavy atom. The summed E-state index contributed by atoms with van der Waals surface area (Å²) in [6.07, 6.45) is 4.49. The molecule has 1 aliphatic carbocycles. The lowest BCUT2D eigenvalue weighted by molar-refractivity contribution is 0.0932. The maximum absolute atomic E-state index is 12.9. The van der Waals surface area contributed by atoms with Crippen LogP contribution in [-0.4, -0.2) is 40.5 Å². The topological polar surface area (TPSA) is 70.2 Å². The van der Waals surface area contributed by atoms with E-state index in [2.05, 4.69) is 44.7 Å². The second kappa shape index (κ2) is 10.6. The molecule has 4 aromatic rings. The summed E-state index contributed by atoms with van der Waals surface area (Å²) in [5.74, 6) is 0.747. The number of nitrogens with zero attached hydrogens (tertiary/aromatic N) is 2. The van der Waals surface area contributed by atoms with E-state index in [0.29, 0.717) is 12.1 Å². The zero-order valence-corrected chi connectivity index (χ0v) is 21.2. The second-order valence-corrected chi connectivity index (χ2v) is 10.2. The molecule has 7 heteroatoms. The van der Waals surface area contributed by atoms with Gasteiger partial charge in [0.2, 0.25) is 0 Å². The van der Waals surface area contributed by atoms with Crippen LogP contribution in [0.25, 0.3) is 10.9 Å². The number of nitrogens with one attached hydrogen (secondary N) is 2. The summed E-state index contributed by atoms with van der Waals surface area (Å²) >= 11 is 1.62. The van der Waals surface area contributed by atoms with Crippen molar-refractivity contribution < 1.29 is 9.53 Å². The van der Waals surface area contributed by atoms with Gasteiger partial charge in [0.15, 0.2) is 0 Å². The highest BCUT2D eigenvalue weighted by molar-refractivity contribution is 7.07. The van der Waals surface area contributed by atoms with Crippen LogP contribution in [0, 0.1) is 0 Å². The van der Waals surface area contributed by atoms with Crippen molar-refractivity contribution in [1.82, 2.24) is 20.2 Å². The Balaban J connectivity index is 1.15. The number of hydrogen-bond acceptors (Lipinski definition) is 5. The van der Waals surface area contributed by atoms with Crippen LogP contribution in [0.5, 0.6) is 5.75 Å². The lowest BCUT2D eigenvalue weighted by Crippen LogP contribution is -2.33. The van der Waals surface area contributed by atoms with E-state index in [-0.39, 0.29) is 12.0 Å². The molecule has 1 unspecified atom stereocenters. The Hall–Kier alpha value is -3.16. The molecule has 2 N–H and O–H groups in total. The minimum atomic E-state index is -0.148. The first-order valence-electron chi connectivity index (χ1n) is 12.3. The zero-order chi connectivity index (χ0) is 24.2. The van der Waals surface area contributed by atoms with E-state index in [0.717, 1.165) is 42.9 Å². The smallest absolute Gasteiger partial charge is 0.251 e. The maximum atomic E-state index is 12.9. The Kier molecular flexibility index (Phi) is 7.16. The van der Waals surface area contributed by atoms with E-state index in [1.54, 1.807) is 11.3 Å². The number of carbonyl (C=O) groups is 1. The number of fused-ring (bicyclic) bond motifs is 3. The van der Waals surface area contributed by atoms with E-state index in [1.165, 1.54) is 35.0 Å². The van der Waals surface area contributed by atoms with Gasteiger partial charge in [-0.25, -0.2) is 4.98 Å². The molecule has 6 nitrogen and oxygen atoms in total. The van der Waals surface area contributed by atoms with E-state index >= 15 is 0 Å². The monoisotopic (exact) mass is 488 g/mol. The highest BCUT2D eigenvalue weighted by Crippen LogP contribution is 2.29. The van der Waals surface area contributed by atoms with E-state index < -0.39 is 0 Å². The molecule has 2 aromatic heterocycles. The molecule has 0 spiro atoms. The number of aryl methyl sites for hydroxylation is 2. The van der Waals surface area contributed by atoms with Crippen molar-refractivity contribution in [3.05, 3.63) is 81.4 Å². The van der Waals surface area contributed by atoms with Gasteiger partial charge < -0.3 is 15.0 Å². The van der Waals surface area contributed by atoms with Crippen molar-refractivity contribution in [2.24, 2.45) is 0 Å². The summed E-state index contributed by atoms with van der Waals surface area (Å²) in [5.41, 5.74) is 8.68. The molecule has 0 bridgehead atoms. The number of aromatic amines is 1. The maximum Gasteiger partial charge on any atom is 0.251 e. The molecule has 0 fully saturated rings. The Labute approximate surface area is 210 Å². The SMILES string of the molecule is CC(CNC(=O)c1ccc2[nH]c3c(c2c1)CCCC3)Oc1cccc(CN(C)Cc2cscn2)c1. The minimum Gasteiger partial charge on any atom is -0.489 e.